The summed E-state index contributed by atoms with van der Waals surface area (Å²) in [7, 11) is 0. The number of benzene rings is 6. The highest BCUT2D eigenvalue weighted by atomic mass is 32.2. The number of nitrogens with one attached hydrogen (secondary N) is 6. The average Bonchev–Trinajstić information content (AvgIpc) is 1.68. The van der Waals surface area contributed by atoms with Crippen LogP contribution in [0.3, 0.4) is 0 Å². The molecule has 6 amide bonds. The molecule has 141 heavy (non-hydrogen) atoms. The summed E-state index contributed by atoms with van der Waals surface area (Å²) < 4.78 is 120. The summed E-state index contributed by atoms with van der Waals surface area (Å²) in [6.07, 6.45) is 15.1. The van der Waals surface area contributed by atoms with Gasteiger partial charge in [0.05, 0.1) is 103 Å². The van der Waals surface area contributed by atoms with Crippen molar-refractivity contribution in [1.29, 1.82) is 0 Å². The number of piperidine rings is 1. The predicted molar refractivity (Wildman–Crippen MR) is 520 cm³/mol. The fraction of sp³-hybridized carbons (Fsp3) is 0.381. The summed E-state index contributed by atoms with van der Waals surface area (Å²) in [5, 5.41) is 15.2. The normalized spacial score (nSPS) is 14.0. The molecule has 12 aromatic rings. The van der Waals surface area contributed by atoms with Crippen LogP contribution in [0.25, 0.3) is 66.8 Å². The van der Waals surface area contributed by atoms with Crippen LogP contribution in [-0.4, -0.2) is 180 Å². The van der Waals surface area contributed by atoms with E-state index in [2.05, 4.69) is 60.4 Å². The summed E-state index contributed by atoms with van der Waals surface area (Å²) >= 11 is 1.74. The molecule has 0 unspecified atom stereocenters. The molecule has 5 saturated heterocycles. The Morgan fingerprint density at radius 1 is 0.305 bits per heavy atom. The van der Waals surface area contributed by atoms with Gasteiger partial charge < -0.3 is 97.9 Å². The number of halogens is 5. The Balaban J connectivity index is 0.000000151. The van der Waals surface area contributed by atoms with Gasteiger partial charge in [-0.1, -0.05) is 42.5 Å². The summed E-state index contributed by atoms with van der Waals surface area (Å²) in [4.78, 5) is 149. The number of carbonyl (C=O) groups excluding carboxylic acids is 6. The molecule has 44 heteroatoms. The van der Waals surface area contributed by atoms with Crippen LogP contribution >= 0.6 is 11.8 Å². The van der Waals surface area contributed by atoms with Gasteiger partial charge in [0.25, 0.3) is 0 Å². The summed E-state index contributed by atoms with van der Waals surface area (Å²) in [5.41, 5.74) is 5.31. The number of ether oxygens (including phenoxy) is 2. The van der Waals surface area contributed by atoms with Crippen molar-refractivity contribution in [3.05, 3.63) is 244 Å². The molecule has 0 bridgehead atoms. The molecule has 6 aromatic carbocycles. The van der Waals surface area contributed by atoms with Crippen molar-refractivity contribution in [3.63, 3.8) is 0 Å². The lowest BCUT2D eigenvalue weighted by molar-refractivity contribution is -0.120. The Morgan fingerprint density at radius 2 is 0.560 bits per heavy atom. The van der Waals surface area contributed by atoms with Crippen LogP contribution in [0, 0.1) is 29.1 Å². The van der Waals surface area contributed by atoms with Gasteiger partial charge in [0.15, 0.2) is 0 Å². The first-order valence-corrected chi connectivity index (χ1v) is 47.0. The third-order valence-electron chi connectivity index (χ3n) is 22.8. The molecule has 6 aromatic heterocycles. The highest BCUT2D eigenvalue weighted by molar-refractivity contribution is 7.99. The second-order valence-electron chi connectivity index (χ2n) is 33.0. The third kappa shape index (κ3) is 29.5. The standard InChI is InChI=1S/C17H21N3O3.C16H17F2N3O4.C16H17F2N3O3S.C16H18FN3O4.C16H19N3O3.C16H21N3O3/c1-13(21)18-12-20-11-16(17(22)23-20)14-5-7-15(8-6-14)19-9-3-2-4-10-19;1-10(22)19-9-21-8-12(16(23)25-21)11-6-13(17)15(14(18)7-11)20-2-4-24-5-3-20;1-10(22)19-9-21-8-12(16(23)24-21)11-6-13(17)15(14(18)7-11)20-2-4-25-5-3-20;1-11(21)18-10-20-9-13(16(22)24-20)12-2-3-15(14(17)8-12)19-4-6-23-7-5-19;1-12(20)17-11-19-10-15(16(21)22-19)13-4-6-14(7-5-13)18-8-2-3-9-18;1-4-18(5-2)14-8-6-13(7-9-14)15-10-19(22-16(15)21)11-17-12(3)20/h5-8,11H,2-4,9-10,12H2,1H3,(H,18,21);2*6-8H,2-5,9H2,1H3,(H,19,22);2-3,8-9H,4-7,10H2,1H3,(H,18,21);4-7,10H,2-3,8-9,11H2,1H3,(H,17,20);6-10H,4-5,11H2,1-3H3,(H,17,20). The topological polar surface area (TPSA) is 423 Å². The number of aromatic nitrogens is 6. The fourth-order valence-electron chi connectivity index (χ4n) is 15.7. The average molecular weight is 1980 g/mol. The van der Waals surface area contributed by atoms with Gasteiger partial charge in [-0.25, -0.2) is 50.7 Å². The van der Waals surface area contributed by atoms with Crippen LogP contribution in [-0.2, 0) is 78.3 Å². The lowest BCUT2D eigenvalue weighted by Crippen LogP contribution is -2.37. The molecular weight excluding hydrogens is 1860 g/mol. The van der Waals surface area contributed by atoms with E-state index in [1.54, 1.807) is 52.3 Å². The molecule has 5 aliphatic heterocycles. The van der Waals surface area contributed by atoms with Crippen LogP contribution in [0.15, 0.2) is 208 Å². The van der Waals surface area contributed by atoms with E-state index in [0.29, 0.717) is 93.6 Å². The Morgan fingerprint density at radius 3 is 0.851 bits per heavy atom. The number of thioether (sulfide) groups is 1. The molecule has 17 rings (SSSR count). The Labute approximate surface area is 809 Å². The van der Waals surface area contributed by atoms with Crippen LogP contribution in [0.2, 0.25) is 0 Å². The van der Waals surface area contributed by atoms with Gasteiger partial charge in [-0.3, -0.25) is 28.8 Å². The molecule has 11 heterocycles. The molecule has 38 nitrogen and oxygen atoms in total. The van der Waals surface area contributed by atoms with Crippen molar-refractivity contribution in [3.8, 4) is 66.8 Å². The zero-order valence-corrected chi connectivity index (χ0v) is 80.1. The molecule has 0 saturated carbocycles. The number of hydrogen-bond donors (Lipinski definition) is 6. The molecule has 0 spiro atoms. The zero-order valence-electron chi connectivity index (χ0n) is 79.3. The van der Waals surface area contributed by atoms with E-state index in [1.165, 1.54) is 129 Å². The van der Waals surface area contributed by atoms with E-state index >= 15 is 0 Å². The van der Waals surface area contributed by atoms with Crippen LogP contribution < -0.4 is 95.1 Å². The monoisotopic (exact) mass is 1980 g/mol. The van der Waals surface area contributed by atoms with E-state index < -0.39 is 62.8 Å². The van der Waals surface area contributed by atoms with E-state index in [9.17, 15) is 79.5 Å². The van der Waals surface area contributed by atoms with Gasteiger partial charge >= 0.3 is 33.8 Å². The first-order chi connectivity index (χ1) is 67.8. The van der Waals surface area contributed by atoms with E-state index in [-0.39, 0.29) is 115 Å². The number of amides is 6. The smallest absolute Gasteiger partial charge is 0.365 e. The number of rotatable bonds is 26. The molecular formula is C97H113F5N18O20S. The van der Waals surface area contributed by atoms with Gasteiger partial charge in [0, 0.05) is 149 Å². The molecule has 0 atom stereocenters. The van der Waals surface area contributed by atoms with E-state index in [0.717, 1.165) is 107 Å². The van der Waals surface area contributed by atoms with Gasteiger partial charge in [-0.2, -0.15) is 40.2 Å². The first kappa shape index (κ1) is 105. The van der Waals surface area contributed by atoms with Crippen molar-refractivity contribution in [2.45, 2.75) is 128 Å². The third-order valence-corrected chi connectivity index (χ3v) is 23.8. The maximum Gasteiger partial charge on any atom is 0.365 e. The summed E-state index contributed by atoms with van der Waals surface area (Å²) in [5.74, 6) is -3.07. The summed E-state index contributed by atoms with van der Waals surface area (Å²) in [6, 6.07) is 32.8. The maximum atomic E-state index is 14.5. The number of anilines is 6. The molecule has 0 radical (unpaired) electrons. The first-order valence-electron chi connectivity index (χ1n) is 45.8. The van der Waals surface area contributed by atoms with Crippen LogP contribution in [0.1, 0.15) is 87.5 Å². The number of nitrogens with zero attached hydrogens (tertiary/aromatic N) is 12. The Bertz CT molecular complexity index is 6340. The molecule has 5 aliphatic rings. The van der Waals surface area contributed by atoms with Gasteiger partial charge in [0.2, 0.25) is 35.4 Å². The quantitative estimate of drug-likeness (QED) is 0.0274. The van der Waals surface area contributed by atoms with Crippen molar-refractivity contribution >= 4 is 81.3 Å². The van der Waals surface area contributed by atoms with Crippen molar-refractivity contribution in [1.82, 2.24) is 60.3 Å². The minimum absolute atomic E-state index is 0.0108. The maximum absolute atomic E-state index is 14.5. The van der Waals surface area contributed by atoms with Crippen LogP contribution in [0.5, 0.6) is 0 Å². The molecule has 5 fully saturated rings. The van der Waals surface area contributed by atoms with Gasteiger partial charge in [-0.05, 0) is 152 Å². The minimum Gasteiger partial charge on any atom is -0.378 e. The SMILES string of the molecule is CC(=O)NCn1cc(-c2cc(F)c(N3CCOCC3)c(F)c2)c(=O)o1.CC(=O)NCn1cc(-c2cc(F)c(N3CCSCC3)c(F)c2)c(=O)o1.CC(=O)NCn1cc(-c2ccc(N3CCCC3)cc2)c(=O)o1.CC(=O)NCn1cc(-c2ccc(N3CCCCC3)cc2)c(=O)o1.CC(=O)NCn1cc(-c2ccc(N3CCOCC3)c(F)c2)c(=O)o1.CCN(CC)c1ccc(-c2cn(CNC(C)=O)oc2=O)cc1. The Hall–Kier alpha value is -15.1. The highest BCUT2D eigenvalue weighted by Crippen LogP contribution is 2.35. The number of carbonyl (C=O) groups is 6. The van der Waals surface area contributed by atoms with E-state index in [1.807, 2.05) is 77.7 Å². The van der Waals surface area contributed by atoms with Crippen molar-refractivity contribution in [2.24, 2.45) is 0 Å². The van der Waals surface area contributed by atoms with Gasteiger partial charge in [-0.15, -0.1) is 0 Å². The predicted octanol–water partition coefficient (Wildman–Crippen LogP) is 10.6. The largest absolute Gasteiger partial charge is 0.378 e. The highest BCUT2D eigenvalue weighted by Gasteiger charge is 2.27. The van der Waals surface area contributed by atoms with Gasteiger partial charge in [0.1, 0.15) is 80.5 Å². The lowest BCUT2D eigenvalue weighted by Gasteiger charge is -2.29. The molecule has 6 N–H and O–H groups in total. The second kappa shape index (κ2) is 50.5. The molecule has 0 aliphatic carbocycles. The Kier molecular flexibility index (Phi) is 37.5. The van der Waals surface area contributed by atoms with Crippen molar-refractivity contribution < 1.29 is 87.3 Å². The molecule has 752 valence electrons. The lowest BCUT2D eigenvalue weighted by atomic mass is 10.1. The minimum atomic E-state index is -0.758. The zero-order chi connectivity index (χ0) is 101. The second-order valence-corrected chi connectivity index (χ2v) is 34.2. The van der Waals surface area contributed by atoms with Crippen molar-refractivity contribution in [2.75, 3.05) is 146 Å². The number of morpholine rings is 2. The van der Waals surface area contributed by atoms with Crippen LogP contribution in [0.4, 0.5) is 56.1 Å². The fourth-order valence-corrected chi connectivity index (χ4v) is 16.6. The number of hydrogen-bond acceptors (Lipinski definition) is 27. The van der Waals surface area contributed by atoms with E-state index in [4.69, 9.17) is 36.6 Å². The summed E-state index contributed by atoms with van der Waals surface area (Å²) in [6.45, 7) is 24.2.